The molecule has 0 heterocycles. The molecule has 0 saturated carbocycles. The van der Waals surface area contributed by atoms with Crippen molar-refractivity contribution in [2.24, 2.45) is 0 Å². The first kappa shape index (κ1) is 14.1. The molecule has 0 bridgehead atoms. The maximum atomic E-state index is 10.9. The summed E-state index contributed by atoms with van der Waals surface area (Å²) >= 11 is 4.88. The zero-order valence-corrected chi connectivity index (χ0v) is 12.9. The molecule has 0 aliphatic heterocycles. The van der Waals surface area contributed by atoms with Crippen molar-refractivity contribution in [3.8, 4) is 0 Å². The Balaban J connectivity index is 2.39. The quantitative estimate of drug-likeness (QED) is 0.576. The second-order valence-electron chi connectivity index (χ2n) is 4.19. The first-order chi connectivity index (χ1) is 8.99. The fraction of sp³-hybridized carbons (Fsp3) is 0.143. The molecule has 0 aromatic heterocycles. The smallest absolute Gasteiger partial charge is 0.258 e. The van der Waals surface area contributed by atoms with Gasteiger partial charge in [0.25, 0.3) is 5.69 Å². The van der Waals surface area contributed by atoms with Crippen LogP contribution in [-0.2, 0) is 0 Å². The Morgan fingerprint density at radius 2 is 1.79 bits per heavy atom. The van der Waals surface area contributed by atoms with E-state index in [4.69, 9.17) is 0 Å². The van der Waals surface area contributed by atoms with Crippen molar-refractivity contribution >= 4 is 33.4 Å². The number of rotatable bonds is 3. The zero-order chi connectivity index (χ0) is 14.0. The molecule has 0 radical (unpaired) electrons. The molecule has 0 fully saturated rings. The molecule has 0 saturated heterocycles. The average molecular weight is 338 g/mol. The van der Waals surface area contributed by atoms with Gasteiger partial charge in [0.05, 0.1) is 9.40 Å². The van der Waals surface area contributed by atoms with E-state index in [1.54, 1.807) is 17.8 Å². The summed E-state index contributed by atoms with van der Waals surface area (Å²) in [5.41, 5.74) is 2.20. The van der Waals surface area contributed by atoms with Crippen LogP contribution in [0.25, 0.3) is 0 Å². The maximum absolute atomic E-state index is 10.9. The monoisotopic (exact) mass is 337 g/mol. The van der Waals surface area contributed by atoms with E-state index in [2.05, 4.69) is 35.0 Å². The summed E-state index contributed by atoms with van der Waals surface area (Å²) in [6.07, 6.45) is 0. The molecule has 0 spiro atoms. The lowest BCUT2D eigenvalue weighted by molar-refractivity contribution is -0.385. The number of halogens is 1. The number of nitro benzene ring substituents is 1. The van der Waals surface area contributed by atoms with E-state index in [0.717, 1.165) is 15.4 Å². The lowest BCUT2D eigenvalue weighted by Gasteiger charge is -2.09. The molecule has 2 rings (SSSR count). The van der Waals surface area contributed by atoms with E-state index >= 15 is 0 Å². The van der Waals surface area contributed by atoms with Gasteiger partial charge in [-0.25, -0.2) is 0 Å². The second kappa shape index (κ2) is 5.75. The first-order valence-corrected chi connectivity index (χ1v) is 7.28. The van der Waals surface area contributed by atoms with E-state index in [-0.39, 0.29) is 10.6 Å². The molecule has 0 atom stereocenters. The molecule has 19 heavy (non-hydrogen) atoms. The number of nitrogens with zero attached hydrogens (tertiary/aromatic N) is 1. The topological polar surface area (TPSA) is 43.1 Å². The third-order valence-electron chi connectivity index (χ3n) is 2.75. The maximum Gasteiger partial charge on any atom is 0.283 e. The normalized spacial score (nSPS) is 10.5. The Labute approximate surface area is 124 Å². The van der Waals surface area contributed by atoms with Crippen molar-refractivity contribution in [1.29, 1.82) is 0 Å². The molecule has 98 valence electrons. The Kier molecular flexibility index (Phi) is 4.27. The minimum absolute atomic E-state index is 0.103. The molecular formula is C14H12BrNO2S. The van der Waals surface area contributed by atoms with E-state index in [1.807, 2.05) is 25.1 Å². The molecule has 5 heteroatoms. The highest BCUT2D eigenvalue weighted by molar-refractivity contribution is 9.10. The van der Waals surface area contributed by atoms with Crippen molar-refractivity contribution < 1.29 is 4.92 Å². The molecule has 2 aromatic carbocycles. The van der Waals surface area contributed by atoms with Crippen LogP contribution >= 0.6 is 27.7 Å². The van der Waals surface area contributed by atoms with Gasteiger partial charge in [0.2, 0.25) is 0 Å². The summed E-state index contributed by atoms with van der Waals surface area (Å²) in [5, 5.41) is 10.9. The SMILES string of the molecule is Cc1ccccc1Sc1cc(Br)c([N+](=O)[O-])cc1C. The minimum atomic E-state index is -0.376. The van der Waals surface area contributed by atoms with Crippen molar-refractivity contribution in [3.63, 3.8) is 0 Å². The largest absolute Gasteiger partial charge is 0.283 e. The van der Waals surface area contributed by atoms with Gasteiger partial charge < -0.3 is 0 Å². The van der Waals surface area contributed by atoms with E-state index < -0.39 is 0 Å². The standard InChI is InChI=1S/C14H12BrNO2S/c1-9-5-3-4-6-13(9)19-14-8-11(15)12(16(17)18)7-10(14)2/h3-8H,1-2H3. The average Bonchev–Trinajstić information content (AvgIpc) is 2.35. The third kappa shape index (κ3) is 3.16. The summed E-state index contributed by atoms with van der Waals surface area (Å²) in [6.45, 7) is 3.94. The molecule has 0 N–H and O–H groups in total. The van der Waals surface area contributed by atoms with Gasteiger partial charge in [-0.15, -0.1) is 0 Å². The summed E-state index contributed by atoms with van der Waals surface area (Å²) in [6, 6.07) is 11.5. The highest BCUT2D eigenvalue weighted by Gasteiger charge is 2.15. The molecule has 0 aliphatic rings. The molecule has 0 amide bonds. The Hall–Kier alpha value is -1.33. The number of hydrogen-bond donors (Lipinski definition) is 0. The third-order valence-corrected chi connectivity index (χ3v) is 4.73. The van der Waals surface area contributed by atoms with Crippen LogP contribution in [0.15, 0.2) is 50.7 Å². The van der Waals surface area contributed by atoms with Crippen LogP contribution in [0.4, 0.5) is 5.69 Å². The van der Waals surface area contributed by atoms with E-state index in [1.165, 1.54) is 5.56 Å². The van der Waals surface area contributed by atoms with Crippen LogP contribution in [0.1, 0.15) is 11.1 Å². The van der Waals surface area contributed by atoms with Crippen molar-refractivity contribution in [1.82, 2.24) is 0 Å². The highest BCUT2D eigenvalue weighted by Crippen LogP contribution is 2.37. The van der Waals surface area contributed by atoms with Gasteiger partial charge in [-0.05, 0) is 53.0 Å². The molecule has 2 aromatic rings. The van der Waals surface area contributed by atoms with E-state index in [9.17, 15) is 10.1 Å². The van der Waals surface area contributed by atoms with Gasteiger partial charge in [-0.1, -0.05) is 30.0 Å². The predicted molar refractivity (Wildman–Crippen MR) is 80.8 cm³/mol. The number of aryl methyl sites for hydroxylation is 2. The van der Waals surface area contributed by atoms with Gasteiger partial charge in [-0.3, -0.25) is 10.1 Å². The number of benzene rings is 2. The lowest BCUT2D eigenvalue weighted by Crippen LogP contribution is -1.92. The Bertz CT molecular complexity index is 643. The second-order valence-corrected chi connectivity index (χ2v) is 6.13. The van der Waals surface area contributed by atoms with Crippen molar-refractivity contribution in [3.05, 3.63) is 62.1 Å². The van der Waals surface area contributed by atoms with E-state index in [0.29, 0.717) is 4.47 Å². The zero-order valence-electron chi connectivity index (χ0n) is 10.5. The first-order valence-electron chi connectivity index (χ1n) is 5.67. The Morgan fingerprint density at radius 3 is 2.42 bits per heavy atom. The highest BCUT2D eigenvalue weighted by atomic mass is 79.9. The molecule has 0 unspecified atom stereocenters. The van der Waals surface area contributed by atoms with Crippen LogP contribution in [-0.4, -0.2) is 4.92 Å². The Morgan fingerprint density at radius 1 is 1.11 bits per heavy atom. The van der Waals surface area contributed by atoms with Crippen LogP contribution in [0.2, 0.25) is 0 Å². The van der Waals surface area contributed by atoms with Crippen LogP contribution in [0, 0.1) is 24.0 Å². The number of nitro groups is 1. The summed E-state index contributed by atoms with van der Waals surface area (Å²) in [4.78, 5) is 12.7. The van der Waals surface area contributed by atoms with Crippen LogP contribution in [0.3, 0.4) is 0 Å². The summed E-state index contributed by atoms with van der Waals surface area (Å²) < 4.78 is 0.513. The fourth-order valence-electron chi connectivity index (χ4n) is 1.69. The van der Waals surface area contributed by atoms with Gasteiger partial charge in [-0.2, -0.15) is 0 Å². The van der Waals surface area contributed by atoms with Crippen molar-refractivity contribution in [2.75, 3.05) is 0 Å². The predicted octanol–water partition coefficient (Wildman–Crippen LogP) is 5.13. The van der Waals surface area contributed by atoms with Gasteiger partial charge in [0, 0.05) is 15.9 Å². The van der Waals surface area contributed by atoms with Gasteiger partial charge >= 0.3 is 0 Å². The minimum Gasteiger partial charge on any atom is -0.258 e. The molecule has 0 aliphatic carbocycles. The molecular weight excluding hydrogens is 326 g/mol. The van der Waals surface area contributed by atoms with Crippen molar-refractivity contribution in [2.45, 2.75) is 23.6 Å². The molecule has 3 nitrogen and oxygen atoms in total. The lowest BCUT2D eigenvalue weighted by atomic mass is 10.2. The van der Waals surface area contributed by atoms with Gasteiger partial charge in [0.1, 0.15) is 0 Å². The number of hydrogen-bond acceptors (Lipinski definition) is 3. The summed E-state index contributed by atoms with van der Waals surface area (Å²) in [7, 11) is 0. The fourth-order valence-corrected chi connectivity index (χ4v) is 3.34. The van der Waals surface area contributed by atoms with Crippen LogP contribution in [0.5, 0.6) is 0 Å². The van der Waals surface area contributed by atoms with Crippen LogP contribution < -0.4 is 0 Å². The summed E-state index contributed by atoms with van der Waals surface area (Å²) in [5.74, 6) is 0. The van der Waals surface area contributed by atoms with Gasteiger partial charge in [0.15, 0.2) is 0 Å².